The average molecular weight is 478 g/mol. The fraction of sp³-hybridized carbons (Fsp3) is 0.333. The first-order chi connectivity index (χ1) is 16.5. The van der Waals surface area contributed by atoms with Crippen LogP contribution in [0.5, 0.6) is 0 Å². The fourth-order valence-electron chi connectivity index (χ4n) is 4.27. The van der Waals surface area contributed by atoms with Gasteiger partial charge in [0.15, 0.2) is 0 Å². The first-order valence-electron chi connectivity index (χ1n) is 11.7. The van der Waals surface area contributed by atoms with Crippen LogP contribution in [0.25, 0.3) is 11.1 Å². The molecule has 0 aliphatic carbocycles. The molecule has 1 amide bonds. The van der Waals surface area contributed by atoms with E-state index in [0.717, 1.165) is 47.7 Å². The van der Waals surface area contributed by atoms with E-state index in [2.05, 4.69) is 27.2 Å². The Hall–Kier alpha value is -3.16. The van der Waals surface area contributed by atoms with Crippen molar-refractivity contribution in [1.82, 2.24) is 4.90 Å². The molecule has 1 aliphatic rings. The predicted octanol–water partition coefficient (Wildman–Crippen LogP) is 4.97. The van der Waals surface area contributed by atoms with Gasteiger partial charge in [-0.05, 0) is 38.5 Å². The van der Waals surface area contributed by atoms with Crippen molar-refractivity contribution >= 4 is 33.9 Å². The first kappa shape index (κ1) is 24.0. The number of nitrogens with one attached hydrogen (secondary N) is 1. The maximum atomic E-state index is 13.0. The van der Waals surface area contributed by atoms with Gasteiger partial charge in [-0.25, -0.2) is 4.79 Å². The minimum absolute atomic E-state index is 0.115. The van der Waals surface area contributed by atoms with Gasteiger partial charge in [0.25, 0.3) is 0 Å². The molecule has 0 spiro atoms. The molecule has 0 bridgehead atoms. The molecule has 1 aromatic heterocycles. The second kappa shape index (κ2) is 10.8. The predicted molar refractivity (Wildman–Crippen MR) is 139 cm³/mol. The van der Waals surface area contributed by atoms with Crippen LogP contribution in [0.3, 0.4) is 0 Å². The Morgan fingerprint density at radius 3 is 2.29 bits per heavy atom. The maximum absolute atomic E-state index is 13.0. The minimum Gasteiger partial charge on any atom is -0.462 e. The molecule has 0 unspecified atom stereocenters. The molecule has 0 saturated carbocycles. The summed E-state index contributed by atoms with van der Waals surface area (Å²) < 4.78 is 5.35. The number of nitrogens with zero attached hydrogens (tertiary/aromatic N) is 2. The molecule has 0 radical (unpaired) electrons. The number of hydrogen-bond acceptors (Lipinski definition) is 6. The summed E-state index contributed by atoms with van der Waals surface area (Å²) in [6.07, 6.45) is 0. The Morgan fingerprint density at radius 1 is 0.971 bits per heavy atom. The molecule has 1 fully saturated rings. The van der Waals surface area contributed by atoms with Gasteiger partial charge in [0.05, 0.1) is 13.2 Å². The quantitative estimate of drug-likeness (QED) is 0.487. The van der Waals surface area contributed by atoms with E-state index in [1.807, 2.05) is 56.3 Å². The normalized spacial score (nSPS) is 14.1. The van der Waals surface area contributed by atoms with Gasteiger partial charge < -0.3 is 15.0 Å². The number of anilines is 2. The molecule has 2 aromatic carbocycles. The molecule has 1 aliphatic heterocycles. The van der Waals surface area contributed by atoms with Crippen LogP contribution in [0.2, 0.25) is 0 Å². The van der Waals surface area contributed by atoms with Gasteiger partial charge in [-0.15, -0.1) is 11.3 Å². The maximum Gasteiger partial charge on any atom is 0.341 e. The highest BCUT2D eigenvalue weighted by Crippen LogP contribution is 2.40. The highest BCUT2D eigenvalue weighted by Gasteiger charge is 2.26. The second-order valence-corrected chi connectivity index (χ2v) is 9.70. The summed E-state index contributed by atoms with van der Waals surface area (Å²) >= 11 is 1.42. The lowest BCUT2D eigenvalue weighted by Crippen LogP contribution is -2.48. The summed E-state index contributed by atoms with van der Waals surface area (Å²) in [5.41, 5.74) is 4.57. The Kier molecular flexibility index (Phi) is 7.65. The standard InChI is InChI=1S/C27H31N3O3S/c1-4-33-27(32)25-24(21-12-10-19(2)11-13-21)20(3)34-26(25)28-23(31)18-29-14-16-30(17-15-29)22-8-6-5-7-9-22/h5-13H,4,14-18H2,1-3H3,(H,28,31). The van der Waals surface area contributed by atoms with Crippen LogP contribution in [0.4, 0.5) is 10.7 Å². The minimum atomic E-state index is -0.408. The van der Waals surface area contributed by atoms with E-state index in [1.54, 1.807) is 6.92 Å². The zero-order valence-electron chi connectivity index (χ0n) is 20.0. The van der Waals surface area contributed by atoms with Gasteiger partial charge in [-0.2, -0.15) is 0 Å². The zero-order chi connectivity index (χ0) is 24.1. The fourth-order valence-corrected chi connectivity index (χ4v) is 5.35. The van der Waals surface area contributed by atoms with Crippen molar-refractivity contribution in [3.8, 4) is 11.1 Å². The number of amides is 1. The van der Waals surface area contributed by atoms with E-state index in [0.29, 0.717) is 17.1 Å². The molecule has 34 heavy (non-hydrogen) atoms. The second-order valence-electron chi connectivity index (χ2n) is 8.47. The number of aryl methyl sites for hydroxylation is 2. The van der Waals surface area contributed by atoms with Gasteiger partial charge >= 0.3 is 5.97 Å². The highest BCUT2D eigenvalue weighted by molar-refractivity contribution is 7.17. The number of para-hydroxylation sites is 1. The van der Waals surface area contributed by atoms with Crippen molar-refractivity contribution < 1.29 is 14.3 Å². The van der Waals surface area contributed by atoms with Gasteiger partial charge in [0, 0.05) is 42.3 Å². The number of carbonyl (C=O) groups excluding carboxylic acids is 2. The summed E-state index contributed by atoms with van der Waals surface area (Å²) in [5.74, 6) is -0.524. The van der Waals surface area contributed by atoms with E-state index in [9.17, 15) is 9.59 Å². The van der Waals surface area contributed by atoms with Crippen LogP contribution in [-0.4, -0.2) is 56.1 Å². The van der Waals surface area contributed by atoms with Crippen LogP contribution in [-0.2, 0) is 9.53 Å². The van der Waals surface area contributed by atoms with Crippen molar-refractivity contribution in [3.63, 3.8) is 0 Å². The van der Waals surface area contributed by atoms with Crippen molar-refractivity contribution in [2.75, 3.05) is 49.5 Å². The molecule has 3 aromatic rings. The number of esters is 1. The number of piperazine rings is 1. The SMILES string of the molecule is CCOC(=O)c1c(NC(=O)CN2CCN(c3ccccc3)CC2)sc(C)c1-c1ccc(C)cc1. The van der Waals surface area contributed by atoms with E-state index >= 15 is 0 Å². The zero-order valence-corrected chi connectivity index (χ0v) is 20.8. The van der Waals surface area contributed by atoms with E-state index < -0.39 is 5.97 Å². The van der Waals surface area contributed by atoms with Gasteiger partial charge in [0.2, 0.25) is 5.91 Å². The van der Waals surface area contributed by atoms with Crippen molar-refractivity contribution in [1.29, 1.82) is 0 Å². The smallest absolute Gasteiger partial charge is 0.341 e. The topological polar surface area (TPSA) is 61.9 Å². The first-order valence-corrected chi connectivity index (χ1v) is 12.5. The van der Waals surface area contributed by atoms with Gasteiger partial charge in [0.1, 0.15) is 10.6 Å². The monoisotopic (exact) mass is 477 g/mol. The Labute approximate surface area is 205 Å². The van der Waals surface area contributed by atoms with Crippen LogP contribution < -0.4 is 10.2 Å². The van der Waals surface area contributed by atoms with Crippen LogP contribution in [0.1, 0.15) is 27.7 Å². The molecule has 178 valence electrons. The third kappa shape index (κ3) is 5.48. The summed E-state index contributed by atoms with van der Waals surface area (Å²) in [6, 6.07) is 18.4. The summed E-state index contributed by atoms with van der Waals surface area (Å²) in [6.45, 7) is 9.74. The number of benzene rings is 2. The van der Waals surface area contributed by atoms with Gasteiger partial charge in [-0.1, -0.05) is 48.0 Å². The summed E-state index contributed by atoms with van der Waals surface area (Å²) in [4.78, 5) is 31.3. The van der Waals surface area contributed by atoms with Crippen molar-refractivity contribution in [2.45, 2.75) is 20.8 Å². The molecule has 6 nitrogen and oxygen atoms in total. The third-order valence-corrected chi connectivity index (χ3v) is 7.04. The molecular formula is C27H31N3O3S. The van der Waals surface area contributed by atoms with Crippen molar-refractivity contribution in [3.05, 3.63) is 70.6 Å². The largest absolute Gasteiger partial charge is 0.462 e. The van der Waals surface area contributed by atoms with E-state index in [4.69, 9.17) is 4.74 Å². The molecule has 2 heterocycles. The number of rotatable bonds is 7. The van der Waals surface area contributed by atoms with Crippen LogP contribution in [0.15, 0.2) is 54.6 Å². The molecular weight excluding hydrogens is 446 g/mol. The van der Waals surface area contributed by atoms with Crippen LogP contribution >= 0.6 is 11.3 Å². The lowest BCUT2D eigenvalue weighted by Gasteiger charge is -2.35. The number of thiophene rings is 1. The summed E-state index contributed by atoms with van der Waals surface area (Å²) in [5, 5.41) is 3.56. The number of hydrogen-bond donors (Lipinski definition) is 1. The summed E-state index contributed by atoms with van der Waals surface area (Å²) in [7, 11) is 0. The lowest BCUT2D eigenvalue weighted by molar-refractivity contribution is -0.117. The average Bonchev–Trinajstić information content (AvgIpc) is 3.16. The third-order valence-electron chi connectivity index (χ3n) is 6.02. The highest BCUT2D eigenvalue weighted by atomic mass is 32.1. The molecule has 1 N–H and O–H groups in total. The van der Waals surface area contributed by atoms with Crippen LogP contribution in [0, 0.1) is 13.8 Å². The molecule has 7 heteroatoms. The Bertz CT molecular complexity index is 1130. The molecule has 1 saturated heterocycles. The van der Waals surface area contributed by atoms with E-state index in [-0.39, 0.29) is 12.5 Å². The Morgan fingerprint density at radius 2 is 1.65 bits per heavy atom. The number of carbonyl (C=O) groups is 2. The number of ether oxygens (including phenoxy) is 1. The van der Waals surface area contributed by atoms with Crippen molar-refractivity contribution in [2.24, 2.45) is 0 Å². The van der Waals surface area contributed by atoms with Gasteiger partial charge in [-0.3, -0.25) is 9.69 Å². The molecule has 4 rings (SSSR count). The Balaban J connectivity index is 1.46. The lowest BCUT2D eigenvalue weighted by atomic mass is 10.0. The van der Waals surface area contributed by atoms with E-state index in [1.165, 1.54) is 17.0 Å². The molecule has 0 atom stereocenters.